The van der Waals surface area contributed by atoms with E-state index in [0.717, 1.165) is 27.2 Å². The summed E-state index contributed by atoms with van der Waals surface area (Å²) >= 11 is 2.93. The average molecular weight is 684 g/mol. The van der Waals surface area contributed by atoms with E-state index in [2.05, 4.69) is 56.2 Å². The van der Waals surface area contributed by atoms with Gasteiger partial charge in [0.25, 0.3) is 5.91 Å². The van der Waals surface area contributed by atoms with Gasteiger partial charge in [-0.3, -0.25) is 14.2 Å². The number of carboxylic acid groups (broad SMARTS) is 1. The van der Waals surface area contributed by atoms with Gasteiger partial charge in [-0.1, -0.05) is 35.7 Å². The molecule has 0 unspecified atom stereocenters. The number of aromatic nitrogens is 8. The Morgan fingerprint density at radius 2 is 1.15 bits per heavy atom. The van der Waals surface area contributed by atoms with Crippen LogP contribution in [0.1, 0.15) is 62.5 Å². The Morgan fingerprint density at radius 1 is 0.739 bits per heavy atom. The van der Waals surface area contributed by atoms with Crippen LogP contribution in [0.4, 0.5) is 0 Å². The van der Waals surface area contributed by atoms with Crippen LogP contribution in [0.5, 0.6) is 0 Å². The average Bonchev–Trinajstić information content (AvgIpc) is 3.61. The van der Waals surface area contributed by atoms with Gasteiger partial charge in [-0.25, -0.2) is 19.9 Å². The van der Waals surface area contributed by atoms with Crippen molar-refractivity contribution in [2.24, 2.45) is 0 Å². The number of fused-ring (bicyclic) bond motifs is 6. The molecule has 6 rings (SSSR count). The Kier molecular flexibility index (Phi) is 10.9. The quantitative estimate of drug-likeness (QED) is 0.164. The van der Waals surface area contributed by atoms with Crippen LogP contribution in [-0.4, -0.2) is 70.9 Å². The van der Waals surface area contributed by atoms with Crippen molar-refractivity contribution in [1.29, 1.82) is 0 Å². The number of carboxylic acids is 1. The fraction of sp³-hybridized carbons (Fsp3) is 0.355. The molecule has 0 saturated heterocycles. The maximum Gasteiger partial charge on any atom is 1.00 e. The van der Waals surface area contributed by atoms with Crippen LogP contribution < -0.4 is 61.8 Å². The summed E-state index contributed by atoms with van der Waals surface area (Å²) in [6.07, 6.45) is 7.40. The van der Waals surface area contributed by atoms with Gasteiger partial charge in [-0.2, -0.15) is 10.2 Å². The molecule has 15 heteroatoms. The van der Waals surface area contributed by atoms with E-state index in [1.807, 2.05) is 62.4 Å². The number of hydrogen-bond acceptors (Lipinski definition) is 11. The van der Waals surface area contributed by atoms with Crippen molar-refractivity contribution in [2.45, 2.75) is 62.9 Å². The number of carbonyl (C=O) groups is 2. The zero-order chi connectivity index (χ0) is 32.8. The maximum absolute atomic E-state index is 12.2. The first kappa shape index (κ1) is 36.2. The van der Waals surface area contributed by atoms with Crippen LogP contribution in [0, 0.1) is 0 Å². The molecule has 0 atom stereocenters. The largest absolute Gasteiger partial charge is 1.00 e. The first-order valence-electron chi connectivity index (χ1n) is 14.1. The molecule has 0 radical (unpaired) electrons. The summed E-state index contributed by atoms with van der Waals surface area (Å²) in [6, 6.07) is 7.39. The van der Waals surface area contributed by atoms with Crippen molar-refractivity contribution >= 4 is 79.0 Å². The minimum absolute atomic E-state index is 0. The van der Waals surface area contributed by atoms with Crippen molar-refractivity contribution in [1.82, 2.24) is 44.8 Å². The fourth-order valence-electron chi connectivity index (χ4n) is 4.96. The predicted octanol–water partition coefficient (Wildman–Crippen LogP) is 1.64. The summed E-state index contributed by atoms with van der Waals surface area (Å²) < 4.78 is 3.58. The molecular formula is C31H34KN9O3S2. The van der Waals surface area contributed by atoms with Crippen LogP contribution in [0.25, 0.3) is 43.6 Å². The maximum atomic E-state index is 12.2. The van der Waals surface area contributed by atoms with Gasteiger partial charge in [0.15, 0.2) is 16.0 Å². The number of nitrogens with one attached hydrogen (secondary N) is 1. The molecule has 12 nitrogen and oxygen atoms in total. The van der Waals surface area contributed by atoms with E-state index >= 15 is 0 Å². The van der Waals surface area contributed by atoms with Gasteiger partial charge in [0.2, 0.25) is 0 Å². The zero-order valence-corrected chi connectivity index (χ0v) is 32.3. The molecule has 0 saturated carbocycles. The van der Waals surface area contributed by atoms with Crippen LogP contribution >= 0.6 is 23.5 Å². The number of benzene rings is 2. The topological polar surface area (TPSA) is 156 Å². The molecule has 0 aliphatic carbocycles. The number of amides is 1. The Bertz CT molecular complexity index is 2110. The summed E-state index contributed by atoms with van der Waals surface area (Å²) in [4.78, 5) is 41.4. The third-order valence-electron chi connectivity index (χ3n) is 7.01. The second kappa shape index (κ2) is 13.8. The van der Waals surface area contributed by atoms with E-state index in [4.69, 9.17) is 0 Å². The molecule has 46 heavy (non-hydrogen) atoms. The molecule has 0 fully saturated rings. The number of rotatable bonds is 4. The minimum Gasteiger partial charge on any atom is -0.543 e. The van der Waals surface area contributed by atoms with E-state index in [-0.39, 0.29) is 74.1 Å². The SMILES string of the molecule is CNC(=O)c1nn(C(C)(C)C)c2c1ccc1cnc(SC)nc12.CSc1ncc2ccc3c(C(=O)[O-])nn(C(C)(C)C)c3c2n1.[K+]. The molecular weight excluding hydrogens is 650 g/mol. The minimum atomic E-state index is -1.29. The number of thioether (sulfide) groups is 2. The fourth-order valence-corrected chi connectivity index (χ4v) is 5.64. The Balaban J connectivity index is 0.000000205. The Labute approximate surface area is 317 Å². The summed E-state index contributed by atoms with van der Waals surface area (Å²) in [5.74, 6) is -1.48. The van der Waals surface area contributed by atoms with Crippen molar-refractivity contribution in [2.75, 3.05) is 19.6 Å². The van der Waals surface area contributed by atoms with Crippen molar-refractivity contribution in [3.63, 3.8) is 0 Å². The molecule has 4 heterocycles. The van der Waals surface area contributed by atoms with E-state index < -0.39 is 5.97 Å². The number of carbonyl (C=O) groups excluding carboxylic acids is 2. The molecule has 1 amide bonds. The predicted molar refractivity (Wildman–Crippen MR) is 177 cm³/mol. The Morgan fingerprint density at radius 3 is 1.52 bits per heavy atom. The van der Waals surface area contributed by atoms with Crippen molar-refractivity contribution < 1.29 is 66.1 Å². The van der Waals surface area contributed by atoms with Crippen molar-refractivity contribution in [3.05, 3.63) is 48.0 Å². The summed E-state index contributed by atoms with van der Waals surface area (Å²) in [5, 5.41) is 27.3. The number of hydrogen-bond donors (Lipinski definition) is 1. The molecule has 2 aromatic carbocycles. The molecule has 0 bridgehead atoms. The van der Waals surface area contributed by atoms with Crippen LogP contribution in [0.15, 0.2) is 47.0 Å². The van der Waals surface area contributed by atoms with Gasteiger partial charge >= 0.3 is 51.4 Å². The van der Waals surface area contributed by atoms with E-state index in [1.165, 1.54) is 23.5 Å². The van der Waals surface area contributed by atoms with Gasteiger partial charge in [-0.15, -0.1) is 0 Å². The second-order valence-corrected chi connectivity index (χ2v) is 13.8. The third kappa shape index (κ3) is 6.82. The first-order valence-corrected chi connectivity index (χ1v) is 16.5. The molecule has 1 N–H and O–H groups in total. The second-order valence-electron chi connectivity index (χ2n) is 12.2. The molecule has 4 aromatic heterocycles. The summed E-state index contributed by atoms with van der Waals surface area (Å²) in [7, 11) is 1.61. The van der Waals surface area contributed by atoms with Crippen LogP contribution in [0.2, 0.25) is 0 Å². The monoisotopic (exact) mass is 683 g/mol. The standard InChI is InChI=1S/C16H19N5OS.C15H16N4O2S.K/c1-16(2,3)21-13-10(12(20-21)14(22)17-4)7-6-9-8-18-15(23-5)19-11(9)13;1-15(2,3)19-12-9(11(18-19)13(20)21)6-5-8-7-16-14(22-4)17-10(8)12;/h6-8H,1-5H3,(H,17,22);5-7H,1-4H3,(H,20,21);/q;;+1/p-1. The van der Waals surface area contributed by atoms with Crippen molar-refractivity contribution in [3.8, 4) is 0 Å². The van der Waals surface area contributed by atoms with Gasteiger partial charge in [0.1, 0.15) is 16.7 Å². The van der Waals surface area contributed by atoms with Gasteiger partial charge < -0.3 is 15.2 Å². The van der Waals surface area contributed by atoms with Gasteiger partial charge in [0.05, 0.1) is 28.1 Å². The normalized spacial score (nSPS) is 11.8. The van der Waals surface area contributed by atoms with E-state index in [1.54, 1.807) is 24.0 Å². The smallest absolute Gasteiger partial charge is 0.543 e. The molecule has 0 aliphatic rings. The number of nitrogens with zero attached hydrogens (tertiary/aromatic N) is 8. The molecule has 0 aliphatic heterocycles. The molecule has 6 aromatic rings. The van der Waals surface area contributed by atoms with Gasteiger partial charge in [0, 0.05) is 41.0 Å². The molecule has 234 valence electrons. The third-order valence-corrected chi connectivity index (χ3v) is 8.14. The Hall–Kier alpha value is -2.66. The van der Waals surface area contributed by atoms with Gasteiger partial charge in [-0.05, 0) is 66.2 Å². The molecule has 0 spiro atoms. The van der Waals surface area contributed by atoms with Crippen LogP contribution in [-0.2, 0) is 11.1 Å². The van der Waals surface area contributed by atoms with E-state index in [0.29, 0.717) is 32.4 Å². The van der Waals surface area contributed by atoms with Crippen LogP contribution in [0.3, 0.4) is 0 Å². The summed E-state index contributed by atoms with van der Waals surface area (Å²) in [6.45, 7) is 12.1. The first-order chi connectivity index (χ1) is 21.2. The number of aromatic carboxylic acids is 1. The zero-order valence-electron chi connectivity index (χ0n) is 27.6. The summed E-state index contributed by atoms with van der Waals surface area (Å²) in [5.41, 5.74) is 2.78. The van der Waals surface area contributed by atoms with E-state index in [9.17, 15) is 14.7 Å².